The molecule has 0 unspecified atom stereocenters. The van der Waals surface area contributed by atoms with Gasteiger partial charge in [0.1, 0.15) is 11.3 Å². The number of hydrogen-bond acceptors (Lipinski definition) is 4. The molecule has 1 heterocycles. The van der Waals surface area contributed by atoms with Crippen molar-refractivity contribution in [2.45, 2.75) is 0 Å². The molecule has 0 fully saturated rings. The summed E-state index contributed by atoms with van der Waals surface area (Å²) >= 11 is 0. The van der Waals surface area contributed by atoms with Gasteiger partial charge in [0.15, 0.2) is 0 Å². The summed E-state index contributed by atoms with van der Waals surface area (Å²) in [4.78, 5) is 16.6. The normalized spacial score (nSPS) is 10.1. The highest BCUT2D eigenvalue weighted by Gasteiger charge is 2.12. The lowest BCUT2D eigenvalue weighted by molar-refractivity contribution is 0.0694. The monoisotopic (exact) mass is 244 g/mol. The Balaban J connectivity index is 2.35. The molecule has 1 aromatic heterocycles. The molecule has 5 nitrogen and oxygen atoms in total. The fraction of sp³-hybridized carbons (Fsp3) is 0.0769. The van der Waals surface area contributed by atoms with Crippen molar-refractivity contribution in [3.8, 4) is 5.75 Å². The third kappa shape index (κ3) is 2.24. The number of carboxylic acids is 1. The van der Waals surface area contributed by atoms with Crippen LogP contribution in [-0.2, 0) is 0 Å². The molecule has 92 valence electrons. The molecule has 0 spiro atoms. The zero-order chi connectivity index (χ0) is 13.1. The molecule has 5 heteroatoms. The van der Waals surface area contributed by atoms with Gasteiger partial charge in [-0.3, -0.25) is 4.98 Å². The molecule has 0 saturated heterocycles. The molecular formula is C13H12N2O3. The first-order valence-corrected chi connectivity index (χ1v) is 5.29. The van der Waals surface area contributed by atoms with E-state index in [-0.39, 0.29) is 11.3 Å². The molecular weight excluding hydrogens is 232 g/mol. The van der Waals surface area contributed by atoms with Gasteiger partial charge in [0.2, 0.25) is 0 Å². The second kappa shape index (κ2) is 4.75. The summed E-state index contributed by atoms with van der Waals surface area (Å²) in [7, 11) is 1.81. The summed E-state index contributed by atoms with van der Waals surface area (Å²) in [5.41, 5.74) is 1.42. The van der Waals surface area contributed by atoms with Gasteiger partial charge >= 0.3 is 5.97 Å². The van der Waals surface area contributed by atoms with Crippen molar-refractivity contribution in [3.63, 3.8) is 0 Å². The number of hydrogen-bond donors (Lipinski definition) is 2. The number of aromatic carboxylic acids is 1. The third-order valence-corrected chi connectivity index (χ3v) is 2.63. The van der Waals surface area contributed by atoms with Gasteiger partial charge in [-0.05, 0) is 24.3 Å². The van der Waals surface area contributed by atoms with E-state index in [1.807, 2.05) is 13.1 Å². The van der Waals surface area contributed by atoms with Gasteiger partial charge in [-0.2, -0.15) is 0 Å². The molecule has 2 aromatic rings. The first kappa shape index (κ1) is 11.9. The minimum Gasteiger partial charge on any atom is -0.507 e. The number of aromatic nitrogens is 1. The van der Waals surface area contributed by atoms with Gasteiger partial charge in [-0.15, -0.1) is 0 Å². The highest BCUT2D eigenvalue weighted by atomic mass is 16.4. The van der Waals surface area contributed by atoms with Crippen LogP contribution in [0.2, 0.25) is 0 Å². The number of nitrogens with zero attached hydrogens (tertiary/aromatic N) is 2. The average molecular weight is 244 g/mol. The Morgan fingerprint density at radius 2 is 2.06 bits per heavy atom. The van der Waals surface area contributed by atoms with Gasteiger partial charge in [-0.1, -0.05) is 0 Å². The van der Waals surface area contributed by atoms with Crippen LogP contribution in [0.1, 0.15) is 10.4 Å². The number of anilines is 2. The van der Waals surface area contributed by atoms with E-state index in [9.17, 15) is 9.90 Å². The predicted octanol–water partition coefficient (Wildman–Crippen LogP) is 2.25. The van der Waals surface area contributed by atoms with Crippen LogP contribution in [0.3, 0.4) is 0 Å². The molecule has 2 rings (SSSR count). The second-order valence-corrected chi connectivity index (χ2v) is 3.78. The van der Waals surface area contributed by atoms with Crippen LogP contribution in [0.4, 0.5) is 11.4 Å². The van der Waals surface area contributed by atoms with E-state index in [2.05, 4.69) is 4.98 Å². The zero-order valence-electron chi connectivity index (χ0n) is 9.74. The van der Waals surface area contributed by atoms with E-state index in [0.29, 0.717) is 5.69 Å². The quantitative estimate of drug-likeness (QED) is 0.866. The first-order chi connectivity index (χ1) is 8.59. The van der Waals surface area contributed by atoms with Gasteiger partial charge in [0, 0.05) is 25.0 Å². The largest absolute Gasteiger partial charge is 0.507 e. The Kier molecular flexibility index (Phi) is 3.14. The number of phenols is 1. The summed E-state index contributed by atoms with van der Waals surface area (Å²) in [5.74, 6) is -1.40. The average Bonchev–Trinajstić information content (AvgIpc) is 2.38. The fourth-order valence-electron chi connectivity index (χ4n) is 1.61. The van der Waals surface area contributed by atoms with E-state index in [4.69, 9.17) is 5.11 Å². The number of benzene rings is 1. The topological polar surface area (TPSA) is 73.7 Å². The molecule has 0 saturated carbocycles. The molecule has 18 heavy (non-hydrogen) atoms. The standard InChI is InChI=1S/C13H12N2O3/c1-15(10-3-2-6-14-8-10)9-4-5-11(13(17)18)12(16)7-9/h2-8,16H,1H3,(H,17,18). The van der Waals surface area contributed by atoms with Crippen LogP contribution in [0.5, 0.6) is 5.75 Å². The maximum atomic E-state index is 10.8. The Labute approximate surface area is 104 Å². The van der Waals surface area contributed by atoms with Crippen molar-refractivity contribution in [1.29, 1.82) is 0 Å². The Morgan fingerprint density at radius 3 is 2.61 bits per heavy atom. The van der Waals surface area contributed by atoms with Crippen LogP contribution < -0.4 is 4.90 Å². The van der Waals surface area contributed by atoms with Gasteiger partial charge in [-0.25, -0.2) is 4.79 Å². The minimum atomic E-state index is -1.15. The number of aromatic hydroxyl groups is 1. The van der Waals surface area contributed by atoms with E-state index in [1.165, 1.54) is 12.1 Å². The fourth-order valence-corrected chi connectivity index (χ4v) is 1.61. The SMILES string of the molecule is CN(c1cccnc1)c1ccc(C(=O)O)c(O)c1. The van der Waals surface area contributed by atoms with Crippen molar-refractivity contribution >= 4 is 17.3 Å². The van der Waals surface area contributed by atoms with Crippen molar-refractivity contribution in [1.82, 2.24) is 4.98 Å². The zero-order valence-corrected chi connectivity index (χ0v) is 9.74. The maximum absolute atomic E-state index is 10.8. The van der Waals surface area contributed by atoms with E-state index < -0.39 is 5.97 Å². The second-order valence-electron chi connectivity index (χ2n) is 3.78. The lowest BCUT2D eigenvalue weighted by Crippen LogP contribution is -2.10. The Hall–Kier alpha value is -2.56. The maximum Gasteiger partial charge on any atom is 0.339 e. The molecule has 1 aromatic carbocycles. The summed E-state index contributed by atoms with van der Waals surface area (Å²) in [5, 5.41) is 18.5. The summed E-state index contributed by atoms with van der Waals surface area (Å²) in [6.45, 7) is 0. The van der Waals surface area contributed by atoms with Crippen molar-refractivity contribution in [3.05, 3.63) is 48.3 Å². The number of pyridine rings is 1. The number of carboxylic acid groups (broad SMARTS) is 1. The van der Waals surface area contributed by atoms with Crippen LogP contribution in [0, 0.1) is 0 Å². The summed E-state index contributed by atoms with van der Waals surface area (Å²) in [6.07, 6.45) is 3.35. The third-order valence-electron chi connectivity index (χ3n) is 2.63. The van der Waals surface area contributed by atoms with Gasteiger partial charge in [0.05, 0.1) is 11.9 Å². The molecule has 0 aliphatic heterocycles. The van der Waals surface area contributed by atoms with Crippen LogP contribution in [0.15, 0.2) is 42.7 Å². The molecule has 0 atom stereocenters. The highest BCUT2D eigenvalue weighted by Crippen LogP contribution is 2.28. The van der Waals surface area contributed by atoms with Crippen LogP contribution >= 0.6 is 0 Å². The summed E-state index contributed by atoms with van der Waals surface area (Å²) < 4.78 is 0. The Morgan fingerprint density at radius 1 is 1.28 bits per heavy atom. The van der Waals surface area contributed by atoms with Gasteiger partial charge < -0.3 is 15.1 Å². The molecule has 0 bridgehead atoms. The predicted molar refractivity (Wildman–Crippen MR) is 67.4 cm³/mol. The smallest absolute Gasteiger partial charge is 0.339 e. The van der Waals surface area contributed by atoms with E-state index in [0.717, 1.165) is 5.69 Å². The number of rotatable bonds is 3. The number of carbonyl (C=O) groups is 1. The molecule has 0 radical (unpaired) electrons. The molecule has 0 amide bonds. The summed E-state index contributed by atoms with van der Waals surface area (Å²) in [6, 6.07) is 8.10. The van der Waals surface area contributed by atoms with Gasteiger partial charge in [0.25, 0.3) is 0 Å². The molecule has 0 aliphatic rings. The lowest BCUT2D eigenvalue weighted by atomic mass is 10.1. The minimum absolute atomic E-state index is 0.113. The van der Waals surface area contributed by atoms with Crippen molar-refractivity contribution < 1.29 is 15.0 Å². The Bertz CT molecular complexity index is 570. The van der Waals surface area contributed by atoms with Crippen LogP contribution in [-0.4, -0.2) is 28.2 Å². The van der Waals surface area contributed by atoms with Crippen molar-refractivity contribution in [2.75, 3.05) is 11.9 Å². The lowest BCUT2D eigenvalue weighted by Gasteiger charge is -2.19. The highest BCUT2D eigenvalue weighted by molar-refractivity contribution is 5.91. The van der Waals surface area contributed by atoms with Crippen molar-refractivity contribution in [2.24, 2.45) is 0 Å². The first-order valence-electron chi connectivity index (χ1n) is 5.29. The van der Waals surface area contributed by atoms with E-state index in [1.54, 1.807) is 29.4 Å². The molecule has 0 aliphatic carbocycles. The van der Waals surface area contributed by atoms with E-state index >= 15 is 0 Å². The van der Waals surface area contributed by atoms with Crippen LogP contribution in [0.25, 0.3) is 0 Å². The molecule has 2 N–H and O–H groups in total.